The standard InChI is InChI=1S/C17H16ClNO4S/c1-24(21,22)15-4-2-3-14(9-15)19-17(20)12-7-11-8-13(18)5-6-16(11)23-10-12/h2-6,8-9,12H,7,10H2,1H3,(H,19,20)/t12-/m0/s1. The van der Waals surface area contributed by atoms with E-state index in [-0.39, 0.29) is 23.3 Å². The largest absolute Gasteiger partial charge is 0.492 e. The number of anilines is 1. The highest BCUT2D eigenvalue weighted by Gasteiger charge is 2.26. The summed E-state index contributed by atoms with van der Waals surface area (Å²) in [6.45, 7) is 0.270. The Morgan fingerprint density at radius 3 is 2.79 bits per heavy atom. The van der Waals surface area contributed by atoms with Crippen LogP contribution in [-0.4, -0.2) is 27.2 Å². The van der Waals surface area contributed by atoms with Crippen molar-refractivity contribution in [3.8, 4) is 5.75 Å². The molecule has 1 atom stereocenters. The highest BCUT2D eigenvalue weighted by atomic mass is 35.5. The third-order valence-electron chi connectivity index (χ3n) is 3.83. The van der Waals surface area contributed by atoms with Crippen molar-refractivity contribution in [1.82, 2.24) is 0 Å². The summed E-state index contributed by atoms with van der Waals surface area (Å²) in [4.78, 5) is 12.6. The zero-order chi connectivity index (χ0) is 17.3. The third-order valence-corrected chi connectivity index (χ3v) is 5.17. The number of ether oxygens (including phenoxy) is 1. The first-order chi connectivity index (χ1) is 11.3. The Kier molecular flexibility index (Phi) is 4.51. The van der Waals surface area contributed by atoms with Crippen LogP contribution in [0.25, 0.3) is 0 Å². The minimum absolute atomic E-state index is 0.164. The van der Waals surface area contributed by atoms with Crippen molar-refractivity contribution in [2.45, 2.75) is 11.3 Å². The average molecular weight is 366 g/mol. The molecule has 0 radical (unpaired) electrons. The van der Waals surface area contributed by atoms with Gasteiger partial charge in [0.2, 0.25) is 5.91 Å². The number of sulfone groups is 1. The van der Waals surface area contributed by atoms with Crippen LogP contribution in [0.1, 0.15) is 5.56 Å². The predicted octanol–water partition coefficient (Wildman–Crippen LogP) is 2.93. The van der Waals surface area contributed by atoms with E-state index in [1.54, 1.807) is 30.3 Å². The number of carbonyl (C=O) groups excluding carboxylic acids is 1. The molecule has 24 heavy (non-hydrogen) atoms. The van der Waals surface area contributed by atoms with E-state index in [9.17, 15) is 13.2 Å². The number of fused-ring (bicyclic) bond motifs is 1. The molecule has 0 aliphatic carbocycles. The molecule has 1 aliphatic heterocycles. The van der Waals surface area contributed by atoms with Gasteiger partial charge in [0.05, 0.1) is 10.8 Å². The first kappa shape index (κ1) is 16.8. The van der Waals surface area contributed by atoms with Crippen molar-refractivity contribution >= 4 is 33.0 Å². The summed E-state index contributed by atoms with van der Waals surface area (Å²) in [5.74, 6) is 0.159. The van der Waals surface area contributed by atoms with Crippen molar-refractivity contribution in [3.63, 3.8) is 0 Å². The van der Waals surface area contributed by atoms with Gasteiger partial charge in [-0.1, -0.05) is 17.7 Å². The van der Waals surface area contributed by atoms with Crippen LogP contribution in [-0.2, 0) is 21.1 Å². The lowest BCUT2D eigenvalue weighted by atomic mass is 9.96. The molecular weight excluding hydrogens is 350 g/mol. The molecule has 126 valence electrons. The molecule has 0 saturated heterocycles. The second kappa shape index (κ2) is 6.45. The molecule has 0 bridgehead atoms. The van der Waals surface area contributed by atoms with Crippen molar-refractivity contribution in [2.75, 3.05) is 18.2 Å². The van der Waals surface area contributed by atoms with Crippen LogP contribution in [0.2, 0.25) is 5.02 Å². The number of amides is 1. The Morgan fingerprint density at radius 2 is 2.04 bits per heavy atom. The molecule has 0 saturated carbocycles. The SMILES string of the molecule is CS(=O)(=O)c1cccc(NC(=O)[C@@H]2COc3ccc(Cl)cc3C2)c1. The number of hydrogen-bond acceptors (Lipinski definition) is 4. The second-order valence-electron chi connectivity index (χ2n) is 5.75. The Bertz CT molecular complexity index is 895. The lowest BCUT2D eigenvalue weighted by molar-refractivity contribution is -0.121. The molecule has 1 aliphatic rings. The zero-order valence-electron chi connectivity index (χ0n) is 13.0. The summed E-state index contributed by atoms with van der Waals surface area (Å²) >= 11 is 5.98. The Balaban J connectivity index is 1.74. The predicted molar refractivity (Wildman–Crippen MR) is 92.3 cm³/mol. The zero-order valence-corrected chi connectivity index (χ0v) is 14.5. The molecular formula is C17H16ClNO4S. The molecule has 2 aromatic carbocycles. The smallest absolute Gasteiger partial charge is 0.231 e. The van der Waals surface area contributed by atoms with Crippen LogP contribution < -0.4 is 10.1 Å². The number of benzene rings is 2. The number of rotatable bonds is 3. The number of carbonyl (C=O) groups is 1. The van der Waals surface area contributed by atoms with E-state index in [1.807, 2.05) is 0 Å². The molecule has 1 heterocycles. The summed E-state index contributed by atoms with van der Waals surface area (Å²) in [5.41, 5.74) is 1.33. The molecule has 0 unspecified atom stereocenters. The van der Waals surface area contributed by atoms with E-state index < -0.39 is 9.84 Å². The number of halogens is 1. The highest BCUT2D eigenvalue weighted by Crippen LogP contribution is 2.30. The maximum absolute atomic E-state index is 12.4. The van der Waals surface area contributed by atoms with Crippen LogP contribution in [0.5, 0.6) is 5.75 Å². The van der Waals surface area contributed by atoms with Crippen LogP contribution in [0, 0.1) is 5.92 Å². The third kappa shape index (κ3) is 3.71. The van der Waals surface area contributed by atoms with E-state index in [0.717, 1.165) is 17.6 Å². The molecule has 3 rings (SSSR count). The molecule has 2 aromatic rings. The van der Waals surface area contributed by atoms with Crippen molar-refractivity contribution in [3.05, 3.63) is 53.1 Å². The Morgan fingerprint density at radius 1 is 1.25 bits per heavy atom. The van der Waals surface area contributed by atoms with Gasteiger partial charge in [0.25, 0.3) is 0 Å². The van der Waals surface area contributed by atoms with E-state index in [1.165, 1.54) is 12.1 Å². The Labute approximate surface area is 145 Å². The van der Waals surface area contributed by atoms with Gasteiger partial charge >= 0.3 is 0 Å². The molecule has 0 spiro atoms. The van der Waals surface area contributed by atoms with E-state index >= 15 is 0 Å². The summed E-state index contributed by atoms with van der Waals surface area (Å²) in [7, 11) is -3.32. The summed E-state index contributed by atoms with van der Waals surface area (Å²) < 4.78 is 28.8. The van der Waals surface area contributed by atoms with E-state index in [2.05, 4.69) is 5.32 Å². The summed E-state index contributed by atoms with van der Waals surface area (Å²) in [6.07, 6.45) is 1.65. The normalized spacial score (nSPS) is 16.8. The van der Waals surface area contributed by atoms with Gasteiger partial charge in [0, 0.05) is 17.0 Å². The van der Waals surface area contributed by atoms with Crippen LogP contribution >= 0.6 is 11.6 Å². The quantitative estimate of drug-likeness (QED) is 0.907. The van der Waals surface area contributed by atoms with Gasteiger partial charge in [-0.3, -0.25) is 4.79 Å². The lowest BCUT2D eigenvalue weighted by Crippen LogP contribution is -2.32. The van der Waals surface area contributed by atoms with E-state index in [0.29, 0.717) is 17.1 Å². The summed E-state index contributed by atoms with van der Waals surface area (Å²) in [5, 5.41) is 3.35. The second-order valence-corrected chi connectivity index (χ2v) is 8.21. The molecule has 1 amide bonds. The van der Waals surface area contributed by atoms with Gasteiger partial charge in [-0.2, -0.15) is 0 Å². The van der Waals surface area contributed by atoms with Crippen LogP contribution in [0.4, 0.5) is 5.69 Å². The van der Waals surface area contributed by atoms with Gasteiger partial charge in [0.1, 0.15) is 12.4 Å². The Hall–Kier alpha value is -2.05. The van der Waals surface area contributed by atoms with Gasteiger partial charge in [-0.25, -0.2) is 8.42 Å². The van der Waals surface area contributed by atoms with Crippen LogP contribution in [0.15, 0.2) is 47.4 Å². The molecule has 0 fully saturated rings. The van der Waals surface area contributed by atoms with Crippen molar-refractivity contribution in [1.29, 1.82) is 0 Å². The maximum atomic E-state index is 12.4. The molecule has 1 N–H and O–H groups in total. The fourth-order valence-corrected chi connectivity index (χ4v) is 3.44. The average Bonchev–Trinajstić information content (AvgIpc) is 2.53. The van der Waals surface area contributed by atoms with Crippen molar-refractivity contribution in [2.24, 2.45) is 5.92 Å². The highest BCUT2D eigenvalue weighted by molar-refractivity contribution is 7.90. The maximum Gasteiger partial charge on any atom is 0.231 e. The number of nitrogens with one attached hydrogen (secondary N) is 1. The fourth-order valence-electron chi connectivity index (χ4n) is 2.58. The van der Waals surface area contributed by atoms with Gasteiger partial charge in [-0.15, -0.1) is 0 Å². The minimum atomic E-state index is -3.32. The number of hydrogen-bond donors (Lipinski definition) is 1. The van der Waals surface area contributed by atoms with Gasteiger partial charge in [-0.05, 0) is 48.4 Å². The molecule has 0 aromatic heterocycles. The minimum Gasteiger partial charge on any atom is -0.492 e. The first-order valence-electron chi connectivity index (χ1n) is 7.35. The summed E-state index contributed by atoms with van der Waals surface area (Å²) in [6, 6.07) is 11.5. The van der Waals surface area contributed by atoms with Crippen LogP contribution in [0.3, 0.4) is 0 Å². The van der Waals surface area contributed by atoms with Gasteiger partial charge in [0.15, 0.2) is 9.84 Å². The van der Waals surface area contributed by atoms with E-state index in [4.69, 9.17) is 16.3 Å². The van der Waals surface area contributed by atoms with Gasteiger partial charge < -0.3 is 10.1 Å². The van der Waals surface area contributed by atoms with Crippen molar-refractivity contribution < 1.29 is 17.9 Å². The fraction of sp³-hybridized carbons (Fsp3) is 0.235. The molecule has 7 heteroatoms. The molecule has 5 nitrogen and oxygen atoms in total. The lowest BCUT2D eigenvalue weighted by Gasteiger charge is -2.24. The first-order valence-corrected chi connectivity index (χ1v) is 9.62. The topological polar surface area (TPSA) is 72.5 Å². The monoisotopic (exact) mass is 365 g/mol.